The van der Waals surface area contributed by atoms with Gasteiger partial charge in [0.1, 0.15) is 6.33 Å². The van der Waals surface area contributed by atoms with Gasteiger partial charge < -0.3 is 5.32 Å². The van der Waals surface area contributed by atoms with Crippen LogP contribution in [0.25, 0.3) is 22.2 Å². The van der Waals surface area contributed by atoms with Crippen molar-refractivity contribution in [3.05, 3.63) is 77.5 Å². The number of nitrogens with zero attached hydrogens (tertiary/aromatic N) is 5. The number of amides is 1. The standard InChI is InChI=1S/C26H26N6O/c1-16-11-18(12-17(2)32-16)22-13-23(31-15-30-22)29-14-26(3,4)21-8-6-7-19-20(25(33)27-5)9-10-28-24(19)21/h6-15H,1-5H3,(H,27,33). The van der Waals surface area contributed by atoms with Gasteiger partial charge in [0.25, 0.3) is 5.91 Å². The van der Waals surface area contributed by atoms with Gasteiger partial charge in [-0.15, -0.1) is 0 Å². The maximum absolute atomic E-state index is 12.3. The predicted octanol–water partition coefficient (Wildman–Crippen LogP) is 4.74. The number of aliphatic imine (C=N–C) groups is 1. The van der Waals surface area contributed by atoms with Gasteiger partial charge in [-0.2, -0.15) is 0 Å². The Morgan fingerprint density at radius 1 is 1.03 bits per heavy atom. The van der Waals surface area contributed by atoms with E-state index in [2.05, 4.69) is 44.1 Å². The molecule has 0 spiro atoms. The monoisotopic (exact) mass is 438 g/mol. The summed E-state index contributed by atoms with van der Waals surface area (Å²) in [5.41, 5.74) is 5.56. The summed E-state index contributed by atoms with van der Waals surface area (Å²) in [6, 6.07) is 13.5. The van der Waals surface area contributed by atoms with Crippen LogP contribution in [0.5, 0.6) is 0 Å². The van der Waals surface area contributed by atoms with E-state index in [1.54, 1.807) is 19.3 Å². The maximum atomic E-state index is 12.3. The van der Waals surface area contributed by atoms with Crippen molar-refractivity contribution in [2.45, 2.75) is 33.1 Å². The first-order valence-corrected chi connectivity index (χ1v) is 10.7. The van der Waals surface area contributed by atoms with Crippen LogP contribution in [0.4, 0.5) is 5.82 Å². The van der Waals surface area contributed by atoms with Crippen LogP contribution < -0.4 is 5.32 Å². The summed E-state index contributed by atoms with van der Waals surface area (Å²) < 4.78 is 0. The summed E-state index contributed by atoms with van der Waals surface area (Å²) in [5, 5.41) is 3.50. The molecule has 0 atom stereocenters. The van der Waals surface area contributed by atoms with Crippen molar-refractivity contribution in [1.29, 1.82) is 0 Å². The van der Waals surface area contributed by atoms with E-state index in [0.29, 0.717) is 11.4 Å². The first-order valence-electron chi connectivity index (χ1n) is 10.7. The minimum absolute atomic E-state index is 0.138. The Bertz CT molecular complexity index is 1360. The lowest BCUT2D eigenvalue weighted by molar-refractivity contribution is 0.0964. The third-order valence-electron chi connectivity index (χ3n) is 5.49. The Morgan fingerprint density at radius 2 is 1.79 bits per heavy atom. The number of benzene rings is 1. The summed E-state index contributed by atoms with van der Waals surface area (Å²) in [6.45, 7) is 8.06. The first kappa shape index (κ1) is 22.2. The third kappa shape index (κ3) is 4.62. The highest BCUT2D eigenvalue weighted by molar-refractivity contribution is 6.07. The molecule has 33 heavy (non-hydrogen) atoms. The van der Waals surface area contributed by atoms with Gasteiger partial charge in [-0.05, 0) is 37.6 Å². The molecular weight excluding hydrogens is 412 g/mol. The number of para-hydroxylation sites is 1. The molecule has 0 aliphatic rings. The van der Waals surface area contributed by atoms with Crippen LogP contribution in [0.3, 0.4) is 0 Å². The molecule has 0 saturated carbocycles. The molecule has 3 aromatic heterocycles. The molecule has 0 unspecified atom stereocenters. The minimum Gasteiger partial charge on any atom is -0.355 e. The van der Waals surface area contributed by atoms with Gasteiger partial charge in [0.2, 0.25) is 0 Å². The Morgan fingerprint density at radius 3 is 2.52 bits per heavy atom. The molecule has 0 saturated heterocycles. The van der Waals surface area contributed by atoms with E-state index >= 15 is 0 Å². The fraction of sp³-hybridized carbons (Fsp3) is 0.231. The van der Waals surface area contributed by atoms with Crippen LogP contribution >= 0.6 is 0 Å². The average molecular weight is 439 g/mol. The van der Waals surface area contributed by atoms with Gasteiger partial charge in [0.15, 0.2) is 5.82 Å². The number of carbonyl (C=O) groups is 1. The second-order valence-corrected chi connectivity index (χ2v) is 8.52. The van der Waals surface area contributed by atoms with E-state index < -0.39 is 5.41 Å². The zero-order valence-electron chi connectivity index (χ0n) is 19.4. The van der Waals surface area contributed by atoms with Gasteiger partial charge in [0.05, 0.1) is 16.8 Å². The molecule has 7 heteroatoms. The molecule has 0 fully saturated rings. The van der Waals surface area contributed by atoms with Gasteiger partial charge in [-0.1, -0.05) is 32.0 Å². The summed E-state index contributed by atoms with van der Waals surface area (Å²) in [5.74, 6) is 0.431. The molecule has 3 heterocycles. The van der Waals surface area contributed by atoms with Crippen molar-refractivity contribution in [3.8, 4) is 11.3 Å². The van der Waals surface area contributed by atoms with E-state index in [4.69, 9.17) is 0 Å². The van der Waals surface area contributed by atoms with Crippen molar-refractivity contribution in [1.82, 2.24) is 25.3 Å². The highest BCUT2D eigenvalue weighted by Gasteiger charge is 2.23. The Hall–Kier alpha value is -4.00. The molecule has 0 aliphatic carbocycles. The lowest BCUT2D eigenvalue weighted by atomic mass is 9.84. The lowest BCUT2D eigenvalue weighted by Crippen LogP contribution is -2.21. The molecule has 1 amide bonds. The van der Waals surface area contributed by atoms with Crippen molar-refractivity contribution in [2.24, 2.45) is 4.99 Å². The summed E-state index contributed by atoms with van der Waals surface area (Å²) in [6.07, 6.45) is 5.05. The number of hydrogen-bond acceptors (Lipinski definition) is 6. The maximum Gasteiger partial charge on any atom is 0.251 e. The van der Waals surface area contributed by atoms with E-state index in [1.807, 2.05) is 56.5 Å². The van der Waals surface area contributed by atoms with E-state index in [0.717, 1.165) is 39.1 Å². The van der Waals surface area contributed by atoms with Gasteiger partial charge in [-0.25, -0.2) is 15.0 Å². The van der Waals surface area contributed by atoms with Crippen LogP contribution in [0.1, 0.15) is 41.2 Å². The molecule has 0 aliphatic heterocycles. The van der Waals surface area contributed by atoms with Crippen LogP contribution in [0, 0.1) is 13.8 Å². The normalized spacial score (nSPS) is 11.8. The number of fused-ring (bicyclic) bond motifs is 1. The Labute approximate surface area is 193 Å². The highest BCUT2D eigenvalue weighted by Crippen LogP contribution is 2.30. The lowest BCUT2D eigenvalue weighted by Gasteiger charge is -2.22. The van der Waals surface area contributed by atoms with Crippen molar-refractivity contribution in [2.75, 3.05) is 7.05 Å². The second-order valence-electron chi connectivity index (χ2n) is 8.52. The fourth-order valence-electron chi connectivity index (χ4n) is 3.88. The SMILES string of the molecule is CNC(=O)c1ccnc2c(C(C)(C)C=Nc3cc(-c4cc(C)nc(C)c4)ncn3)cccc12. The summed E-state index contributed by atoms with van der Waals surface area (Å²) in [7, 11) is 1.62. The van der Waals surface area contributed by atoms with Crippen LogP contribution in [-0.4, -0.2) is 39.1 Å². The topological polar surface area (TPSA) is 93.0 Å². The molecule has 1 N–H and O–H groups in total. The zero-order valence-corrected chi connectivity index (χ0v) is 19.4. The first-order chi connectivity index (χ1) is 15.8. The average Bonchev–Trinajstić information content (AvgIpc) is 2.81. The predicted molar refractivity (Wildman–Crippen MR) is 131 cm³/mol. The largest absolute Gasteiger partial charge is 0.355 e. The number of carbonyl (C=O) groups excluding carboxylic acids is 1. The molecule has 166 valence electrons. The minimum atomic E-state index is -0.456. The molecule has 4 aromatic rings. The van der Waals surface area contributed by atoms with Crippen molar-refractivity contribution >= 4 is 28.8 Å². The van der Waals surface area contributed by atoms with E-state index in [-0.39, 0.29) is 5.91 Å². The summed E-state index contributed by atoms with van der Waals surface area (Å²) >= 11 is 0. The molecular formula is C26H26N6O. The molecule has 4 rings (SSSR count). The van der Waals surface area contributed by atoms with E-state index in [1.165, 1.54) is 6.33 Å². The van der Waals surface area contributed by atoms with Crippen LogP contribution in [-0.2, 0) is 5.41 Å². The smallest absolute Gasteiger partial charge is 0.251 e. The van der Waals surface area contributed by atoms with Gasteiger partial charge >= 0.3 is 0 Å². The van der Waals surface area contributed by atoms with Crippen molar-refractivity contribution < 1.29 is 4.79 Å². The molecule has 0 radical (unpaired) electrons. The van der Waals surface area contributed by atoms with Gasteiger partial charge in [0, 0.05) is 53.3 Å². The zero-order chi connectivity index (χ0) is 23.6. The van der Waals surface area contributed by atoms with Crippen molar-refractivity contribution in [3.63, 3.8) is 0 Å². The molecule has 7 nitrogen and oxygen atoms in total. The van der Waals surface area contributed by atoms with Gasteiger partial charge in [-0.3, -0.25) is 14.8 Å². The van der Waals surface area contributed by atoms with Crippen LogP contribution in [0.15, 0.2) is 60.0 Å². The number of pyridine rings is 2. The van der Waals surface area contributed by atoms with E-state index in [9.17, 15) is 4.79 Å². The number of nitrogens with one attached hydrogen (secondary N) is 1. The fourth-order valence-corrected chi connectivity index (χ4v) is 3.88. The molecule has 1 aromatic carbocycles. The van der Waals surface area contributed by atoms with Crippen LogP contribution in [0.2, 0.25) is 0 Å². The quantitative estimate of drug-likeness (QED) is 0.454. The number of hydrogen-bond donors (Lipinski definition) is 1. The highest BCUT2D eigenvalue weighted by atomic mass is 16.1. The Kier molecular flexibility index (Phi) is 5.96. The number of aromatic nitrogens is 4. The Balaban J connectivity index is 1.71. The number of rotatable bonds is 5. The summed E-state index contributed by atoms with van der Waals surface area (Å²) in [4.78, 5) is 34.7. The molecule has 0 bridgehead atoms. The third-order valence-corrected chi connectivity index (χ3v) is 5.49. The second kappa shape index (κ2) is 8.86. The number of aryl methyl sites for hydroxylation is 2.